The summed E-state index contributed by atoms with van der Waals surface area (Å²) in [5, 5.41) is 11.0. The van der Waals surface area contributed by atoms with Gasteiger partial charge in [0.25, 0.3) is 5.91 Å². The van der Waals surface area contributed by atoms with E-state index in [1.165, 1.54) is 5.56 Å². The molecule has 1 fully saturated rings. The number of hydrogen-bond donors (Lipinski definition) is 1. The van der Waals surface area contributed by atoms with Gasteiger partial charge in [0.1, 0.15) is 6.33 Å². The highest BCUT2D eigenvalue weighted by molar-refractivity contribution is 5.99. The van der Waals surface area contributed by atoms with E-state index in [9.17, 15) is 4.79 Å². The van der Waals surface area contributed by atoms with Crippen LogP contribution in [0.2, 0.25) is 0 Å². The molecule has 0 saturated carbocycles. The number of aromatic nitrogens is 3. The van der Waals surface area contributed by atoms with Crippen molar-refractivity contribution in [2.24, 2.45) is 0 Å². The van der Waals surface area contributed by atoms with Gasteiger partial charge in [0.15, 0.2) is 5.65 Å². The number of amides is 1. The fourth-order valence-corrected chi connectivity index (χ4v) is 4.41. The van der Waals surface area contributed by atoms with Gasteiger partial charge in [-0.3, -0.25) is 9.20 Å². The van der Waals surface area contributed by atoms with Crippen molar-refractivity contribution in [2.45, 2.75) is 44.1 Å². The van der Waals surface area contributed by atoms with E-state index in [1.807, 2.05) is 18.3 Å². The molecule has 0 radical (unpaired) electrons. The van der Waals surface area contributed by atoms with Gasteiger partial charge in [-0.1, -0.05) is 30.3 Å². The Morgan fingerprint density at radius 2 is 2.04 bits per heavy atom. The first-order valence-electron chi connectivity index (χ1n) is 9.75. The lowest BCUT2D eigenvalue weighted by molar-refractivity contribution is -0.0838. The third-order valence-corrected chi connectivity index (χ3v) is 5.68. The molecule has 3 heterocycles. The molecule has 0 unspecified atom stereocenters. The summed E-state index contributed by atoms with van der Waals surface area (Å²) in [6.45, 7) is 5.62. The van der Waals surface area contributed by atoms with Gasteiger partial charge in [0.05, 0.1) is 11.2 Å². The van der Waals surface area contributed by atoms with Crippen LogP contribution in [0.1, 0.15) is 49.0 Å². The van der Waals surface area contributed by atoms with E-state index in [4.69, 9.17) is 4.74 Å². The molecule has 1 saturated heterocycles. The summed E-state index contributed by atoms with van der Waals surface area (Å²) in [6, 6.07) is 14.2. The van der Waals surface area contributed by atoms with Crippen molar-refractivity contribution in [1.29, 1.82) is 0 Å². The number of carbonyl (C=O) groups is 1. The van der Waals surface area contributed by atoms with E-state index in [0.717, 1.165) is 25.9 Å². The van der Waals surface area contributed by atoms with E-state index < -0.39 is 0 Å². The van der Waals surface area contributed by atoms with Crippen LogP contribution in [0.25, 0.3) is 5.65 Å². The van der Waals surface area contributed by atoms with Gasteiger partial charge in [0, 0.05) is 24.8 Å². The number of pyridine rings is 1. The number of rotatable bonds is 5. The van der Waals surface area contributed by atoms with Gasteiger partial charge in [-0.2, -0.15) is 0 Å². The molecule has 1 atom stereocenters. The standard InChI is InChI=1S/C22H26N4O2/c1-21(2)15-22(11-14-28-21,17-7-4-3-5-8-17)10-12-23-20(27)18-9-6-13-26-16-24-25-19(18)26/h3-9,13,16H,10-12,14-15H2,1-2H3,(H,23,27)/t22-/m0/s1. The zero-order valence-electron chi connectivity index (χ0n) is 16.4. The zero-order valence-corrected chi connectivity index (χ0v) is 16.4. The summed E-state index contributed by atoms with van der Waals surface area (Å²) < 4.78 is 7.72. The lowest BCUT2D eigenvalue weighted by Gasteiger charge is -2.45. The molecule has 2 aromatic heterocycles. The molecule has 146 valence electrons. The van der Waals surface area contributed by atoms with Crippen molar-refractivity contribution in [1.82, 2.24) is 19.9 Å². The Hall–Kier alpha value is -2.73. The van der Waals surface area contributed by atoms with Crippen LogP contribution in [0, 0.1) is 0 Å². The third kappa shape index (κ3) is 3.64. The van der Waals surface area contributed by atoms with Crippen molar-refractivity contribution >= 4 is 11.6 Å². The Bertz CT molecular complexity index is 967. The second kappa shape index (κ2) is 7.36. The maximum Gasteiger partial charge on any atom is 0.255 e. The quantitative estimate of drug-likeness (QED) is 0.739. The molecule has 1 N–H and O–H groups in total. The Balaban J connectivity index is 1.51. The minimum absolute atomic E-state index is 0.00282. The van der Waals surface area contributed by atoms with E-state index in [-0.39, 0.29) is 16.9 Å². The summed E-state index contributed by atoms with van der Waals surface area (Å²) in [5.74, 6) is -0.117. The van der Waals surface area contributed by atoms with E-state index in [1.54, 1.807) is 16.8 Å². The van der Waals surface area contributed by atoms with Crippen LogP contribution >= 0.6 is 0 Å². The van der Waals surface area contributed by atoms with Gasteiger partial charge in [0.2, 0.25) is 0 Å². The molecular weight excluding hydrogens is 352 g/mol. The monoisotopic (exact) mass is 378 g/mol. The average Bonchev–Trinajstić information content (AvgIpc) is 3.16. The predicted molar refractivity (Wildman–Crippen MR) is 107 cm³/mol. The normalized spacial score (nSPS) is 21.5. The maximum absolute atomic E-state index is 12.7. The average molecular weight is 378 g/mol. The van der Waals surface area contributed by atoms with Crippen LogP contribution in [0.4, 0.5) is 0 Å². The predicted octanol–water partition coefficient (Wildman–Crippen LogP) is 3.38. The van der Waals surface area contributed by atoms with Crippen LogP contribution in [-0.2, 0) is 10.2 Å². The van der Waals surface area contributed by atoms with Gasteiger partial charge in [-0.05, 0) is 50.8 Å². The fourth-order valence-electron chi connectivity index (χ4n) is 4.41. The number of nitrogens with zero attached hydrogens (tertiary/aromatic N) is 3. The van der Waals surface area contributed by atoms with Crippen LogP contribution in [0.5, 0.6) is 0 Å². The van der Waals surface area contributed by atoms with E-state index >= 15 is 0 Å². The molecule has 1 amide bonds. The Kier molecular flexibility index (Phi) is 4.89. The highest BCUT2D eigenvalue weighted by atomic mass is 16.5. The summed E-state index contributed by atoms with van der Waals surface area (Å²) >= 11 is 0. The molecule has 6 heteroatoms. The van der Waals surface area contributed by atoms with Crippen LogP contribution in [0.15, 0.2) is 55.0 Å². The van der Waals surface area contributed by atoms with Crippen molar-refractivity contribution in [3.8, 4) is 0 Å². The minimum Gasteiger partial charge on any atom is -0.376 e. The van der Waals surface area contributed by atoms with Crippen molar-refractivity contribution in [3.05, 3.63) is 66.1 Å². The molecular formula is C22H26N4O2. The highest BCUT2D eigenvalue weighted by Gasteiger charge is 2.41. The molecule has 1 aliphatic heterocycles. The molecule has 0 aliphatic carbocycles. The summed E-state index contributed by atoms with van der Waals surface area (Å²) in [6.07, 6.45) is 6.18. The van der Waals surface area contributed by atoms with E-state index in [2.05, 4.69) is 53.6 Å². The molecule has 0 bridgehead atoms. The first kappa shape index (κ1) is 18.6. The highest BCUT2D eigenvalue weighted by Crippen LogP contribution is 2.43. The zero-order chi connectivity index (χ0) is 19.6. The maximum atomic E-state index is 12.7. The van der Waals surface area contributed by atoms with Crippen molar-refractivity contribution in [2.75, 3.05) is 13.2 Å². The molecule has 3 aromatic rings. The third-order valence-electron chi connectivity index (χ3n) is 5.68. The summed E-state index contributed by atoms with van der Waals surface area (Å²) in [4.78, 5) is 12.7. The molecule has 28 heavy (non-hydrogen) atoms. The van der Waals surface area contributed by atoms with Gasteiger partial charge < -0.3 is 10.1 Å². The van der Waals surface area contributed by atoms with E-state index in [0.29, 0.717) is 17.8 Å². The minimum atomic E-state index is -0.175. The van der Waals surface area contributed by atoms with Crippen molar-refractivity contribution in [3.63, 3.8) is 0 Å². The molecule has 1 aromatic carbocycles. The van der Waals surface area contributed by atoms with Crippen LogP contribution < -0.4 is 5.32 Å². The largest absolute Gasteiger partial charge is 0.376 e. The Morgan fingerprint density at radius 1 is 1.21 bits per heavy atom. The molecule has 1 aliphatic rings. The summed E-state index contributed by atoms with van der Waals surface area (Å²) in [5.41, 5.74) is 2.26. The second-order valence-corrected chi connectivity index (χ2v) is 8.17. The molecule has 6 nitrogen and oxygen atoms in total. The number of fused-ring (bicyclic) bond motifs is 1. The summed E-state index contributed by atoms with van der Waals surface area (Å²) in [7, 11) is 0. The van der Waals surface area contributed by atoms with Crippen LogP contribution in [-0.4, -0.2) is 39.3 Å². The van der Waals surface area contributed by atoms with Gasteiger partial charge in [-0.25, -0.2) is 0 Å². The van der Waals surface area contributed by atoms with Gasteiger partial charge >= 0.3 is 0 Å². The van der Waals surface area contributed by atoms with Crippen LogP contribution in [0.3, 0.4) is 0 Å². The van der Waals surface area contributed by atoms with Crippen molar-refractivity contribution < 1.29 is 9.53 Å². The number of ether oxygens (including phenoxy) is 1. The molecule has 0 spiro atoms. The first-order chi connectivity index (χ1) is 13.5. The SMILES string of the molecule is CC1(C)C[C@@](CCNC(=O)c2cccn3cnnc23)(c2ccccc2)CCO1. The smallest absolute Gasteiger partial charge is 0.255 e. The first-order valence-corrected chi connectivity index (χ1v) is 9.75. The topological polar surface area (TPSA) is 68.5 Å². The number of nitrogens with one attached hydrogen (secondary N) is 1. The lowest BCUT2D eigenvalue weighted by Crippen LogP contribution is -2.45. The fraction of sp³-hybridized carbons (Fsp3) is 0.409. The number of benzene rings is 1. The number of hydrogen-bond acceptors (Lipinski definition) is 4. The lowest BCUT2D eigenvalue weighted by atomic mass is 9.67. The Labute approximate surface area is 164 Å². The second-order valence-electron chi connectivity index (χ2n) is 8.17. The Morgan fingerprint density at radius 3 is 2.82 bits per heavy atom. The van der Waals surface area contributed by atoms with Gasteiger partial charge in [-0.15, -0.1) is 10.2 Å². The number of carbonyl (C=O) groups excluding carboxylic acids is 1. The molecule has 4 rings (SSSR count).